The normalized spacial score (nSPS) is 11.2. The zero-order valence-corrected chi connectivity index (χ0v) is 7.86. The van der Waals surface area contributed by atoms with Crippen molar-refractivity contribution in [1.82, 2.24) is 5.32 Å². The van der Waals surface area contributed by atoms with Crippen LogP contribution < -0.4 is 11.1 Å². The van der Waals surface area contributed by atoms with E-state index in [9.17, 15) is 13.2 Å². The summed E-state index contributed by atoms with van der Waals surface area (Å²) >= 11 is 0. The molecular weight excluding hydrogens is 180 g/mol. The average Bonchev–Trinajstić information content (AvgIpc) is 2.04. The molecule has 0 aliphatic heterocycles. The topological polar surface area (TPSA) is 89.3 Å². The van der Waals surface area contributed by atoms with E-state index >= 15 is 0 Å². The number of amides is 1. The van der Waals surface area contributed by atoms with Crippen molar-refractivity contribution in [1.29, 1.82) is 0 Å². The molecule has 0 fully saturated rings. The van der Waals surface area contributed by atoms with Gasteiger partial charge in [-0.1, -0.05) is 6.92 Å². The van der Waals surface area contributed by atoms with Crippen molar-refractivity contribution in [3.05, 3.63) is 0 Å². The summed E-state index contributed by atoms with van der Waals surface area (Å²) in [7, 11) is -2.98. The van der Waals surface area contributed by atoms with Crippen molar-refractivity contribution in [2.75, 3.05) is 24.6 Å². The molecule has 72 valence electrons. The minimum absolute atomic E-state index is 0.0186. The highest BCUT2D eigenvalue weighted by molar-refractivity contribution is 7.91. The predicted octanol–water partition coefficient (Wildman–Crippen LogP) is -1.50. The summed E-state index contributed by atoms with van der Waals surface area (Å²) in [4.78, 5) is 10.6. The summed E-state index contributed by atoms with van der Waals surface area (Å²) in [6.45, 7) is 1.61. The monoisotopic (exact) mass is 194 g/mol. The molecule has 3 N–H and O–H groups in total. The van der Waals surface area contributed by atoms with Crippen molar-refractivity contribution < 1.29 is 13.2 Å². The fourth-order valence-electron chi connectivity index (χ4n) is 0.562. The Morgan fingerprint density at radius 1 is 1.50 bits per heavy atom. The summed E-state index contributed by atoms with van der Waals surface area (Å²) in [5.74, 6) is -0.248. The van der Waals surface area contributed by atoms with Crippen molar-refractivity contribution in [2.24, 2.45) is 5.73 Å². The van der Waals surface area contributed by atoms with Crippen LogP contribution in [0.2, 0.25) is 0 Å². The number of hydrogen-bond acceptors (Lipinski definition) is 4. The molecule has 0 aromatic heterocycles. The third-order valence-electron chi connectivity index (χ3n) is 1.36. The van der Waals surface area contributed by atoms with Gasteiger partial charge < -0.3 is 11.1 Å². The summed E-state index contributed by atoms with van der Waals surface area (Å²) in [5, 5.41) is 2.38. The molecule has 5 nitrogen and oxygen atoms in total. The van der Waals surface area contributed by atoms with Crippen LogP contribution in [0.25, 0.3) is 0 Å². The second-order valence-electron chi connectivity index (χ2n) is 2.29. The second-order valence-corrected chi connectivity index (χ2v) is 4.76. The van der Waals surface area contributed by atoms with E-state index in [-0.39, 0.29) is 30.5 Å². The molecule has 6 heteroatoms. The van der Waals surface area contributed by atoms with Gasteiger partial charge in [0.2, 0.25) is 5.91 Å². The Morgan fingerprint density at radius 2 is 2.08 bits per heavy atom. The van der Waals surface area contributed by atoms with Gasteiger partial charge in [-0.2, -0.15) is 0 Å². The number of rotatable bonds is 5. The molecule has 0 aliphatic rings. The van der Waals surface area contributed by atoms with Crippen molar-refractivity contribution in [3.8, 4) is 0 Å². The van der Waals surface area contributed by atoms with E-state index in [4.69, 9.17) is 5.73 Å². The molecule has 0 radical (unpaired) electrons. The Labute approximate surface area is 72.2 Å². The molecule has 1 amide bonds. The molecule has 0 saturated heterocycles. The van der Waals surface area contributed by atoms with E-state index in [1.165, 1.54) is 0 Å². The maximum absolute atomic E-state index is 10.9. The van der Waals surface area contributed by atoms with Crippen molar-refractivity contribution >= 4 is 15.7 Å². The highest BCUT2D eigenvalue weighted by Gasteiger charge is 2.06. The lowest BCUT2D eigenvalue weighted by molar-refractivity contribution is -0.119. The van der Waals surface area contributed by atoms with Gasteiger partial charge in [0.25, 0.3) is 0 Å². The van der Waals surface area contributed by atoms with Gasteiger partial charge in [-0.25, -0.2) is 8.42 Å². The summed E-state index contributed by atoms with van der Waals surface area (Å²) < 4.78 is 21.8. The van der Waals surface area contributed by atoms with Gasteiger partial charge in [0.15, 0.2) is 9.84 Å². The maximum Gasteiger partial charge on any atom is 0.233 e. The number of sulfone groups is 1. The smallest absolute Gasteiger partial charge is 0.233 e. The van der Waals surface area contributed by atoms with Gasteiger partial charge >= 0.3 is 0 Å². The van der Waals surface area contributed by atoms with Gasteiger partial charge in [-0.3, -0.25) is 4.79 Å². The number of carbonyl (C=O) groups is 1. The first-order valence-electron chi connectivity index (χ1n) is 3.69. The Hall–Kier alpha value is -0.620. The first-order chi connectivity index (χ1) is 5.52. The van der Waals surface area contributed by atoms with Gasteiger partial charge in [-0.15, -0.1) is 0 Å². The van der Waals surface area contributed by atoms with Gasteiger partial charge in [0, 0.05) is 12.3 Å². The third kappa shape index (κ3) is 5.09. The largest absolute Gasteiger partial charge is 0.354 e. The quantitative estimate of drug-likeness (QED) is 0.557. The van der Waals surface area contributed by atoms with Crippen molar-refractivity contribution in [2.45, 2.75) is 6.92 Å². The van der Waals surface area contributed by atoms with Crippen LogP contribution >= 0.6 is 0 Å². The lowest BCUT2D eigenvalue weighted by atomic mass is 10.6. The van der Waals surface area contributed by atoms with E-state index < -0.39 is 9.84 Å². The van der Waals surface area contributed by atoms with Crippen molar-refractivity contribution in [3.63, 3.8) is 0 Å². The Morgan fingerprint density at radius 3 is 2.50 bits per heavy atom. The second kappa shape index (κ2) is 5.10. The van der Waals surface area contributed by atoms with E-state index in [0.29, 0.717) is 0 Å². The zero-order valence-electron chi connectivity index (χ0n) is 7.04. The predicted molar refractivity (Wildman–Crippen MR) is 46.4 cm³/mol. The molecule has 0 spiro atoms. The fourth-order valence-corrected chi connectivity index (χ4v) is 1.26. The van der Waals surface area contributed by atoms with Gasteiger partial charge in [0.1, 0.15) is 0 Å². The number of nitrogens with two attached hydrogens (primary N) is 1. The molecule has 0 unspecified atom stereocenters. The van der Waals surface area contributed by atoms with Crippen LogP contribution in [0, 0.1) is 0 Å². The first-order valence-corrected chi connectivity index (χ1v) is 5.51. The molecule has 12 heavy (non-hydrogen) atoms. The lowest BCUT2D eigenvalue weighted by Gasteiger charge is -2.02. The van der Waals surface area contributed by atoms with E-state index in [1.54, 1.807) is 6.92 Å². The average molecular weight is 194 g/mol. The van der Waals surface area contributed by atoms with Crippen LogP contribution in [0.3, 0.4) is 0 Å². The molecule has 0 aromatic rings. The summed E-state index contributed by atoms with van der Waals surface area (Å²) in [5.41, 5.74) is 4.99. The Bertz CT molecular complexity index is 235. The number of nitrogens with one attached hydrogen (secondary N) is 1. The molecule has 0 bridgehead atoms. The van der Waals surface area contributed by atoms with Crippen LogP contribution in [0.1, 0.15) is 6.92 Å². The standard InChI is InChI=1S/C6H14N2O3S/c1-2-12(10,11)4-3-8-6(9)5-7/h2-5,7H2,1H3,(H,8,9). The Kier molecular flexibility index (Phi) is 4.84. The third-order valence-corrected chi connectivity index (χ3v) is 3.07. The Balaban J connectivity index is 3.64. The summed E-state index contributed by atoms with van der Waals surface area (Å²) in [6, 6.07) is 0. The van der Waals surface area contributed by atoms with Crippen LogP contribution in [-0.2, 0) is 14.6 Å². The summed E-state index contributed by atoms with van der Waals surface area (Å²) in [6.07, 6.45) is 0. The molecule has 0 aliphatic carbocycles. The minimum atomic E-state index is -2.98. The highest BCUT2D eigenvalue weighted by Crippen LogP contribution is 1.86. The van der Waals surface area contributed by atoms with E-state index in [1.807, 2.05) is 0 Å². The van der Waals surface area contributed by atoms with Crippen LogP contribution in [0.15, 0.2) is 0 Å². The fraction of sp³-hybridized carbons (Fsp3) is 0.833. The van der Waals surface area contributed by atoms with E-state index in [2.05, 4.69) is 5.32 Å². The SMILES string of the molecule is CCS(=O)(=O)CCNC(=O)CN. The van der Waals surface area contributed by atoms with Crippen LogP contribution in [0.4, 0.5) is 0 Å². The van der Waals surface area contributed by atoms with E-state index in [0.717, 1.165) is 0 Å². The minimum Gasteiger partial charge on any atom is -0.354 e. The molecule has 0 aromatic carbocycles. The molecule has 0 rings (SSSR count). The molecule has 0 heterocycles. The van der Waals surface area contributed by atoms with Crippen LogP contribution in [0.5, 0.6) is 0 Å². The zero-order chi connectivity index (χ0) is 9.61. The lowest BCUT2D eigenvalue weighted by Crippen LogP contribution is -2.34. The first kappa shape index (κ1) is 11.4. The molecular formula is C6H14N2O3S. The maximum atomic E-state index is 10.9. The highest BCUT2D eigenvalue weighted by atomic mass is 32.2. The number of hydrogen-bond donors (Lipinski definition) is 2. The number of carbonyl (C=O) groups excluding carboxylic acids is 1. The van der Waals surface area contributed by atoms with Crippen LogP contribution in [-0.4, -0.2) is 38.9 Å². The molecule has 0 atom stereocenters. The van der Waals surface area contributed by atoms with Gasteiger partial charge in [0.05, 0.1) is 12.3 Å². The molecule has 0 saturated carbocycles. The van der Waals surface area contributed by atoms with Gasteiger partial charge in [-0.05, 0) is 0 Å².